The first-order valence-corrected chi connectivity index (χ1v) is 11.8. The smallest absolute Gasteiger partial charge is 0.261 e. The van der Waals surface area contributed by atoms with Gasteiger partial charge in [0.15, 0.2) is 0 Å². The predicted molar refractivity (Wildman–Crippen MR) is 116 cm³/mol. The van der Waals surface area contributed by atoms with Gasteiger partial charge in [-0.25, -0.2) is 8.42 Å². The van der Waals surface area contributed by atoms with Crippen molar-refractivity contribution >= 4 is 27.3 Å². The molecule has 2 saturated heterocycles. The van der Waals surface area contributed by atoms with Gasteiger partial charge < -0.3 is 14.5 Å². The predicted octanol–water partition coefficient (Wildman–Crippen LogP) is 3.09. The Kier molecular flexibility index (Phi) is 5.97. The lowest BCUT2D eigenvalue weighted by atomic mass is 10.1. The average Bonchev–Trinajstić information content (AvgIpc) is 3.17. The zero-order valence-electron chi connectivity index (χ0n) is 17.1. The number of nitrogens with one attached hydrogen (secondary N) is 1. The summed E-state index contributed by atoms with van der Waals surface area (Å²) >= 11 is 0. The second-order valence-electron chi connectivity index (χ2n) is 7.89. The van der Waals surface area contributed by atoms with E-state index in [-0.39, 0.29) is 16.9 Å². The topological polar surface area (TPSA) is 79.0 Å². The van der Waals surface area contributed by atoms with Crippen molar-refractivity contribution in [2.45, 2.75) is 36.7 Å². The standard InChI is InChI=1S/C22H27N3O4S/c1-24-15-12-20(13-16-24)29-19-8-4-17(5-9-19)23-30(27,28)21-10-6-18(7-11-21)25-14-2-3-22(25)26/h4-11,20,23H,2-3,12-16H2,1H3. The molecule has 2 fully saturated rings. The summed E-state index contributed by atoms with van der Waals surface area (Å²) in [6, 6.07) is 13.4. The number of sulfonamides is 1. The largest absolute Gasteiger partial charge is 0.490 e. The summed E-state index contributed by atoms with van der Waals surface area (Å²) in [5.41, 5.74) is 1.20. The number of rotatable bonds is 6. The summed E-state index contributed by atoms with van der Waals surface area (Å²) in [7, 11) is -1.61. The molecule has 2 heterocycles. The van der Waals surface area contributed by atoms with Crippen LogP contribution in [0, 0.1) is 0 Å². The highest BCUT2D eigenvalue weighted by Crippen LogP contribution is 2.25. The first kappa shape index (κ1) is 20.7. The summed E-state index contributed by atoms with van der Waals surface area (Å²) < 4.78 is 34.0. The average molecular weight is 430 g/mol. The molecule has 160 valence electrons. The highest BCUT2D eigenvalue weighted by Gasteiger charge is 2.23. The van der Waals surface area contributed by atoms with E-state index in [1.54, 1.807) is 41.3 Å². The highest BCUT2D eigenvalue weighted by atomic mass is 32.2. The molecule has 8 heteroatoms. The van der Waals surface area contributed by atoms with Crippen molar-refractivity contribution < 1.29 is 17.9 Å². The van der Waals surface area contributed by atoms with Crippen LogP contribution in [-0.4, -0.2) is 52.0 Å². The summed E-state index contributed by atoms with van der Waals surface area (Å²) in [6.07, 6.45) is 3.55. The van der Waals surface area contributed by atoms with E-state index in [2.05, 4.69) is 16.7 Å². The zero-order valence-corrected chi connectivity index (χ0v) is 17.9. The fourth-order valence-corrected chi connectivity index (χ4v) is 4.90. The minimum atomic E-state index is -3.71. The number of ether oxygens (including phenoxy) is 1. The van der Waals surface area contributed by atoms with Gasteiger partial charge in [0, 0.05) is 37.4 Å². The minimum absolute atomic E-state index is 0.0753. The zero-order chi connectivity index (χ0) is 21.1. The van der Waals surface area contributed by atoms with E-state index in [9.17, 15) is 13.2 Å². The lowest BCUT2D eigenvalue weighted by Gasteiger charge is -2.29. The Morgan fingerprint density at radius 1 is 0.967 bits per heavy atom. The van der Waals surface area contributed by atoms with Crippen LogP contribution in [0.5, 0.6) is 5.75 Å². The fraction of sp³-hybridized carbons (Fsp3) is 0.409. The van der Waals surface area contributed by atoms with E-state index in [0.29, 0.717) is 18.7 Å². The number of nitrogens with zero attached hydrogens (tertiary/aromatic N) is 2. The molecule has 0 bridgehead atoms. The van der Waals surface area contributed by atoms with E-state index in [1.807, 2.05) is 0 Å². The maximum absolute atomic E-state index is 12.7. The van der Waals surface area contributed by atoms with Gasteiger partial charge in [0.1, 0.15) is 11.9 Å². The first-order valence-electron chi connectivity index (χ1n) is 10.3. The van der Waals surface area contributed by atoms with Crippen molar-refractivity contribution in [2.75, 3.05) is 36.3 Å². The molecule has 7 nitrogen and oxygen atoms in total. The molecule has 1 amide bonds. The maximum atomic E-state index is 12.7. The van der Waals surface area contributed by atoms with E-state index in [1.165, 1.54) is 12.1 Å². The number of amides is 1. The molecule has 2 aliphatic heterocycles. The number of likely N-dealkylation sites (tertiary alicyclic amines) is 1. The summed E-state index contributed by atoms with van der Waals surface area (Å²) in [6.45, 7) is 2.72. The Morgan fingerprint density at radius 3 is 2.23 bits per heavy atom. The first-order chi connectivity index (χ1) is 14.4. The molecule has 30 heavy (non-hydrogen) atoms. The molecule has 0 spiro atoms. The van der Waals surface area contributed by atoms with Crippen LogP contribution >= 0.6 is 0 Å². The number of hydrogen-bond acceptors (Lipinski definition) is 5. The van der Waals surface area contributed by atoms with Crippen LogP contribution in [-0.2, 0) is 14.8 Å². The molecule has 4 rings (SSSR count). The summed E-state index contributed by atoms with van der Waals surface area (Å²) in [5, 5.41) is 0. The molecule has 0 unspecified atom stereocenters. The third kappa shape index (κ3) is 4.76. The van der Waals surface area contributed by atoms with Gasteiger partial charge in [0.25, 0.3) is 10.0 Å². The van der Waals surface area contributed by atoms with Crippen molar-refractivity contribution in [1.29, 1.82) is 0 Å². The Morgan fingerprint density at radius 2 is 1.63 bits per heavy atom. The quantitative estimate of drug-likeness (QED) is 0.763. The number of benzene rings is 2. The van der Waals surface area contributed by atoms with Gasteiger partial charge in [-0.05, 0) is 74.8 Å². The van der Waals surface area contributed by atoms with E-state index in [0.717, 1.165) is 43.8 Å². The molecule has 0 saturated carbocycles. The van der Waals surface area contributed by atoms with Crippen LogP contribution in [0.1, 0.15) is 25.7 Å². The van der Waals surface area contributed by atoms with E-state index < -0.39 is 10.0 Å². The Balaban J connectivity index is 1.38. The van der Waals surface area contributed by atoms with Crippen molar-refractivity contribution in [1.82, 2.24) is 4.90 Å². The van der Waals surface area contributed by atoms with Crippen molar-refractivity contribution in [2.24, 2.45) is 0 Å². The number of hydrogen-bond donors (Lipinski definition) is 1. The molecular formula is C22H27N3O4S. The van der Waals surface area contributed by atoms with Crippen molar-refractivity contribution in [3.05, 3.63) is 48.5 Å². The second kappa shape index (κ2) is 8.65. The Hall–Kier alpha value is -2.58. The van der Waals surface area contributed by atoms with Gasteiger partial charge in [-0.15, -0.1) is 0 Å². The monoisotopic (exact) mass is 429 g/mol. The van der Waals surface area contributed by atoms with Crippen LogP contribution in [0.2, 0.25) is 0 Å². The number of piperidine rings is 1. The third-order valence-electron chi connectivity index (χ3n) is 5.61. The van der Waals surface area contributed by atoms with Gasteiger partial charge in [0.05, 0.1) is 4.90 Å². The Labute approximate surface area is 177 Å². The molecule has 2 aromatic carbocycles. The SMILES string of the molecule is CN1CCC(Oc2ccc(NS(=O)(=O)c3ccc(N4CCCC4=O)cc3)cc2)CC1. The molecule has 1 N–H and O–H groups in total. The van der Waals surface area contributed by atoms with Gasteiger partial charge >= 0.3 is 0 Å². The van der Waals surface area contributed by atoms with Gasteiger partial charge in [0.2, 0.25) is 5.91 Å². The van der Waals surface area contributed by atoms with Gasteiger partial charge in [-0.2, -0.15) is 0 Å². The lowest BCUT2D eigenvalue weighted by molar-refractivity contribution is -0.117. The van der Waals surface area contributed by atoms with Crippen LogP contribution in [0.15, 0.2) is 53.4 Å². The normalized spacial score (nSPS) is 18.6. The summed E-state index contributed by atoms with van der Waals surface area (Å²) in [4.78, 5) is 16.0. The van der Waals surface area contributed by atoms with Gasteiger partial charge in [-0.1, -0.05) is 0 Å². The molecule has 2 aromatic rings. The molecular weight excluding hydrogens is 402 g/mol. The number of carbonyl (C=O) groups is 1. The van der Waals surface area contributed by atoms with Crippen LogP contribution in [0.25, 0.3) is 0 Å². The molecule has 0 radical (unpaired) electrons. The van der Waals surface area contributed by atoms with Crippen LogP contribution in [0.4, 0.5) is 11.4 Å². The minimum Gasteiger partial charge on any atom is -0.490 e. The lowest BCUT2D eigenvalue weighted by Crippen LogP contribution is -2.35. The maximum Gasteiger partial charge on any atom is 0.261 e. The molecule has 0 aliphatic carbocycles. The fourth-order valence-electron chi connectivity index (χ4n) is 3.84. The number of anilines is 2. The van der Waals surface area contributed by atoms with Crippen LogP contribution in [0.3, 0.4) is 0 Å². The van der Waals surface area contributed by atoms with Crippen molar-refractivity contribution in [3.63, 3.8) is 0 Å². The highest BCUT2D eigenvalue weighted by molar-refractivity contribution is 7.92. The third-order valence-corrected chi connectivity index (χ3v) is 7.00. The summed E-state index contributed by atoms with van der Waals surface area (Å²) in [5.74, 6) is 0.818. The molecule has 0 atom stereocenters. The Bertz CT molecular complexity index is 982. The second-order valence-corrected chi connectivity index (χ2v) is 9.58. The van der Waals surface area contributed by atoms with Gasteiger partial charge in [-0.3, -0.25) is 9.52 Å². The molecule has 2 aliphatic rings. The van der Waals surface area contributed by atoms with Crippen molar-refractivity contribution in [3.8, 4) is 5.75 Å². The molecule has 0 aromatic heterocycles. The van der Waals surface area contributed by atoms with Crippen LogP contribution < -0.4 is 14.4 Å². The van der Waals surface area contributed by atoms with E-state index >= 15 is 0 Å². The number of carbonyl (C=O) groups excluding carboxylic acids is 1. The van der Waals surface area contributed by atoms with E-state index in [4.69, 9.17) is 4.74 Å².